The molecule has 0 unspecified atom stereocenters. The molecule has 0 aromatic heterocycles. The van der Waals surface area contributed by atoms with Crippen LogP contribution in [0.4, 0.5) is 0 Å². The van der Waals surface area contributed by atoms with E-state index >= 15 is 0 Å². The second-order valence-electron chi connectivity index (χ2n) is 4.61. The topological polar surface area (TPSA) is 88.0 Å². The number of halogens is 2. The molecule has 6 nitrogen and oxygen atoms in total. The Hall–Kier alpha value is -1.05. The Kier molecular flexibility index (Phi) is 5.66. The van der Waals surface area contributed by atoms with Crippen molar-refractivity contribution in [2.45, 2.75) is 18.2 Å². The van der Waals surface area contributed by atoms with Gasteiger partial charge in [-0.15, -0.1) is 0 Å². The Morgan fingerprint density at radius 1 is 1.38 bits per heavy atom. The van der Waals surface area contributed by atoms with Crippen LogP contribution in [-0.2, 0) is 9.53 Å². The number of benzene rings is 1. The molecule has 0 radical (unpaired) electrons. The van der Waals surface area contributed by atoms with E-state index in [1.807, 2.05) is 0 Å². The first-order chi connectivity index (χ1) is 9.99. The monoisotopic (exact) mass is 335 g/mol. The van der Waals surface area contributed by atoms with Gasteiger partial charge in [0.2, 0.25) is 0 Å². The molecule has 1 amide bonds. The minimum absolute atomic E-state index is 0.0438. The van der Waals surface area contributed by atoms with Gasteiger partial charge >= 0.3 is 0 Å². The van der Waals surface area contributed by atoms with E-state index in [1.54, 1.807) is 18.2 Å². The molecule has 1 saturated heterocycles. The first-order valence-electron chi connectivity index (χ1n) is 6.29. The van der Waals surface area contributed by atoms with Gasteiger partial charge in [-0.05, 0) is 12.1 Å². The fraction of sp³-hybridized carbons (Fsp3) is 0.462. The normalized spacial score (nSPS) is 25.4. The molecule has 1 aromatic carbocycles. The number of aliphatic hydroxyl groups excluding tert-OH is 2. The van der Waals surface area contributed by atoms with Crippen LogP contribution in [0.15, 0.2) is 18.2 Å². The lowest BCUT2D eigenvalue weighted by molar-refractivity contribution is -0.133. The number of amides is 1. The van der Waals surface area contributed by atoms with E-state index in [0.717, 1.165) is 0 Å². The molecule has 116 valence electrons. The molecule has 2 rings (SSSR count). The zero-order valence-corrected chi connectivity index (χ0v) is 12.5. The molecule has 1 aromatic rings. The summed E-state index contributed by atoms with van der Waals surface area (Å²) < 4.78 is 10.3. The van der Waals surface area contributed by atoms with Crippen molar-refractivity contribution in [2.75, 3.05) is 19.8 Å². The zero-order chi connectivity index (χ0) is 15.4. The number of nitrogens with one attached hydrogen (secondary N) is 1. The van der Waals surface area contributed by atoms with Gasteiger partial charge in [0.05, 0.1) is 24.3 Å². The average Bonchev–Trinajstić information content (AvgIpc) is 2.45. The van der Waals surface area contributed by atoms with Crippen LogP contribution in [0.25, 0.3) is 0 Å². The van der Waals surface area contributed by atoms with E-state index in [9.17, 15) is 15.0 Å². The molecule has 1 aliphatic rings. The van der Waals surface area contributed by atoms with Crippen LogP contribution in [0.1, 0.15) is 0 Å². The van der Waals surface area contributed by atoms with E-state index in [1.165, 1.54) is 0 Å². The van der Waals surface area contributed by atoms with Crippen molar-refractivity contribution >= 4 is 29.1 Å². The molecule has 1 fully saturated rings. The molecule has 1 heterocycles. The Balaban J connectivity index is 1.86. The number of ether oxygens (including phenoxy) is 2. The van der Waals surface area contributed by atoms with Gasteiger partial charge in [0.25, 0.3) is 5.91 Å². The van der Waals surface area contributed by atoms with Gasteiger partial charge in [0, 0.05) is 0 Å². The highest BCUT2D eigenvalue weighted by molar-refractivity contribution is 6.42. The Morgan fingerprint density at radius 2 is 2.14 bits per heavy atom. The third kappa shape index (κ3) is 4.21. The maximum absolute atomic E-state index is 11.8. The minimum Gasteiger partial charge on any atom is -0.482 e. The summed E-state index contributed by atoms with van der Waals surface area (Å²) in [5.41, 5.74) is 0. The summed E-state index contributed by atoms with van der Waals surface area (Å²) in [5, 5.41) is 22.3. The van der Waals surface area contributed by atoms with Crippen LogP contribution in [0.5, 0.6) is 5.75 Å². The Morgan fingerprint density at radius 3 is 2.90 bits per heavy atom. The maximum Gasteiger partial charge on any atom is 0.258 e. The summed E-state index contributed by atoms with van der Waals surface area (Å²) in [6.45, 7) is -0.122. The number of carbonyl (C=O) groups is 1. The molecule has 1 aliphatic heterocycles. The molecular weight excluding hydrogens is 321 g/mol. The van der Waals surface area contributed by atoms with Crippen molar-refractivity contribution in [1.82, 2.24) is 5.32 Å². The summed E-state index contributed by atoms with van der Waals surface area (Å²) in [6.07, 6.45) is -2.09. The number of hydrogen-bond donors (Lipinski definition) is 3. The molecule has 3 atom stereocenters. The van der Waals surface area contributed by atoms with E-state index in [2.05, 4.69) is 5.32 Å². The van der Waals surface area contributed by atoms with Crippen molar-refractivity contribution in [3.05, 3.63) is 28.2 Å². The van der Waals surface area contributed by atoms with Gasteiger partial charge in [-0.2, -0.15) is 0 Å². The van der Waals surface area contributed by atoms with Gasteiger partial charge in [-0.1, -0.05) is 29.3 Å². The fourth-order valence-electron chi connectivity index (χ4n) is 1.90. The van der Waals surface area contributed by atoms with Crippen LogP contribution in [-0.4, -0.2) is 54.2 Å². The number of hydrogen-bond acceptors (Lipinski definition) is 5. The van der Waals surface area contributed by atoms with Crippen LogP contribution >= 0.6 is 23.2 Å². The third-order valence-corrected chi connectivity index (χ3v) is 3.82. The highest BCUT2D eigenvalue weighted by atomic mass is 35.5. The average molecular weight is 336 g/mol. The summed E-state index contributed by atoms with van der Waals surface area (Å²) in [7, 11) is 0. The number of rotatable bonds is 4. The maximum atomic E-state index is 11.8. The minimum atomic E-state index is -1.07. The van der Waals surface area contributed by atoms with E-state index in [-0.39, 0.29) is 24.8 Å². The Bertz CT molecular complexity index is 513. The number of carbonyl (C=O) groups excluding carboxylic acids is 1. The van der Waals surface area contributed by atoms with Crippen LogP contribution in [0.3, 0.4) is 0 Å². The van der Waals surface area contributed by atoms with Crippen molar-refractivity contribution < 1.29 is 24.5 Å². The largest absolute Gasteiger partial charge is 0.482 e. The smallest absolute Gasteiger partial charge is 0.258 e. The summed E-state index contributed by atoms with van der Waals surface area (Å²) >= 11 is 11.8. The van der Waals surface area contributed by atoms with Gasteiger partial charge in [0.15, 0.2) is 6.61 Å². The fourth-order valence-corrected chi connectivity index (χ4v) is 2.24. The van der Waals surface area contributed by atoms with E-state index in [0.29, 0.717) is 10.8 Å². The highest BCUT2D eigenvalue weighted by Gasteiger charge is 2.32. The summed E-state index contributed by atoms with van der Waals surface area (Å²) in [4.78, 5) is 11.8. The van der Waals surface area contributed by atoms with Gasteiger partial charge in [-0.3, -0.25) is 4.79 Å². The molecule has 0 aliphatic carbocycles. The van der Waals surface area contributed by atoms with Crippen LogP contribution < -0.4 is 10.1 Å². The SMILES string of the molecule is O=C(COc1cccc(Cl)c1Cl)N[C@@H]1COC[C@@H](O)[C@H]1O. The summed E-state index contributed by atoms with van der Waals surface area (Å²) in [5.74, 6) is -0.174. The molecule has 0 bridgehead atoms. The highest BCUT2D eigenvalue weighted by Crippen LogP contribution is 2.31. The third-order valence-electron chi connectivity index (χ3n) is 3.01. The number of aliphatic hydroxyl groups is 2. The first-order valence-corrected chi connectivity index (χ1v) is 7.04. The van der Waals surface area contributed by atoms with Crippen LogP contribution in [0, 0.1) is 0 Å². The molecule has 3 N–H and O–H groups in total. The van der Waals surface area contributed by atoms with E-state index in [4.69, 9.17) is 32.7 Å². The van der Waals surface area contributed by atoms with Crippen LogP contribution in [0.2, 0.25) is 10.0 Å². The van der Waals surface area contributed by atoms with Gasteiger partial charge in [0.1, 0.15) is 23.0 Å². The van der Waals surface area contributed by atoms with Crippen molar-refractivity contribution in [1.29, 1.82) is 0 Å². The lowest BCUT2D eigenvalue weighted by atomic mass is 10.0. The molecule has 0 saturated carbocycles. The zero-order valence-electron chi connectivity index (χ0n) is 11.0. The lowest BCUT2D eigenvalue weighted by Crippen LogP contribution is -2.56. The molecule has 0 spiro atoms. The molecule has 8 heteroatoms. The lowest BCUT2D eigenvalue weighted by Gasteiger charge is -2.32. The molecule has 21 heavy (non-hydrogen) atoms. The van der Waals surface area contributed by atoms with Crippen molar-refractivity contribution in [3.63, 3.8) is 0 Å². The van der Waals surface area contributed by atoms with Gasteiger partial charge < -0.3 is 25.0 Å². The quantitative estimate of drug-likeness (QED) is 0.750. The molecular formula is C13H15Cl2NO5. The summed E-state index contributed by atoms with van der Waals surface area (Å²) in [6, 6.07) is 4.16. The Labute approximate surface area is 131 Å². The second-order valence-corrected chi connectivity index (χ2v) is 5.40. The standard InChI is InChI=1S/C13H15Cl2NO5/c14-7-2-1-3-10(12(7)15)21-6-11(18)16-8-4-20-5-9(17)13(8)19/h1-3,8-9,13,17,19H,4-6H2,(H,16,18)/t8-,9-,13+/m1/s1. The van der Waals surface area contributed by atoms with Crippen molar-refractivity contribution in [3.8, 4) is 5.75 Å². The second kappa shape index (κ2) is 7.29. The predicted molar refractivity (Wildman–Crippen MR) is 76.7 cm³/mol. The van der Waals surface area contributed by atoms with Crippen molar-refractivity contribution in [2.24, 2.45) is 0 Å². The van der Waals surface area contributed by atoms with E-state index < -0.39 is 24.2 Å². The first kappa shape index (κ1) is 16.3. The van der Waals surface area contributed by atoms with Gasteiger partial charge in [-0.25, -0.2) is 0 Å². The predicted octanol–water partition coefficient (Wildman–Crippen LogP) is 0.609.